The number of ether oxygens (including phenoxy) is 1. The van der Waals surface area contributed by atoms with E-state index in [9.17, 15) is 17.6 Å². The Hall–Kier alpha value is -3.24. The first kappa shape index (κ1) is 23.5. The van der Waals surface area contributed by atoms with Crippen LogP contribution in [0.1, 0.15) is 44.6 Å². The van der Waals surface area contributed by atoms with Crippen molar-refractivity contribution in [2.45, 2.75) is 63.8 Å². The van der Waals surface area contributed by atoms with E-state index in [0.29, 0.717) is 53.7 Å². The van der Waals surface area contributed by atoms with Crippen LogP contribution in [0.3, 0.4) is 0 Å². The van der Waals surface area contributed by atoms with Crippen LogP contribution >= 0.6 is 0 Å². The van der Waals surface area contributed by atoms with Gasteiger partial charge in [0.05, 0.1) is 12.5 Å². The smallest absolute Gasteiger partial charge is 0.248 e. The molecule has 1 fully saturated rings. The van der Waals surface area contributed by atoms with Crippen LogP contribution < -0.4 is 10.1 Å². The van der Waals surface area contributed by atoms with Gasteiger partial charge in [0.25, 0.3) is 0 Å². The number of nitrogens with zero attached hydrogens (tertiary/aromatic N) is 4. The fourth-order valence-corrected chi connectivity index (χ4v) is 4.85. The quantitative estimate of drug-likeness (QED) is 0.418. The molecule has 11 heteroatoms. The Kier molecular flexibility index (Phi) is 6.10. The van der Waals surface area contributed by atoms with Gasteiger partial charge in [-0.3, -0.25) is 0 Å². The summed E-state index contributed by atoms with van der Waals surface area (Å²) < 4.78 is 58.5. The molecular formula is C24H26F4N6O. The number of aromatic nitrogens is 4. The van der Waals surface area contributed by atoms with E-state index in [-0.39, 0.29) is 31.2 Å². The van der Waals surface area contributed by atoms with Crippen molar-refractivity contribution in [3.05, 3.63) is 24.0 Å². The fourth-order valence-electron chi connectivity index (χ4n) is 4.85. The van der Waals surface area contributed by atoms with E-state index in [2.05, 4.69) is 30.2 Å². The molecule has 1 atom stereocenters. The average Bonchev–Trinajstić information content (AvgIpc) is 3.24. The summed E-state index contributed by atoms with van der Waals surface area (Å²) in [7, 11) is 1.50. The minimum absolute atomic E-state index is 0.138. The minimum Gasteiger partial charge on any atom is -0.480 e. The van der Waals surface area contributed by atoms with E-state index in [4.69, 9.17) is 4.74 Å². The summed E-state index contributed by atoms with van der Waals surface area (Å²) in [6, 6.07) is 1.77. The van der Waals surface area contributed by atoms with Crippen LogP contribution in [0.2, 0.25) is 0 Å². The maximum absolute atomic E-state index is 13.5. The summed E-state index contributed by atoms with van der Waals surface area (Å²) in [5, 5.41) is 3.80. The number of alkyl halides is 4. The molecule has 7 nitrogen and oxygen atoms in total. The Labute approximate surface area is 199 Å². The molecule has 0 spiro atoms. The number of H-pyrrole nitrogens is 1. The van der Waals surface area contributed by atoms with Gasteiger partial charge in [-0.25, -0.2) is 27.5 Å². The molecule has 0 saturated heterocycles. The molecule has 186 valence electrons. The molecule has 35 heavy (non-hydrogen) atoms. The van der Waals surface area contributed by atoms with Crippen molar-refractivity contribution in [3.8, 4) is 17.0 Å². The molecule has 0 radical (unpaired) electrons. The second-order valence-electron chi connectivity index (χ2n) is 9.24. The number of pyridine rings is 1. The Balaban J connectivity index is 1.44. The summed E-state index contributed by atoms with van der Waals surface area (Å²) in [6.07, 6.45) is 1.61. The molecule has 3 aromatic heterocycles. The molecule has 5 rings (SSSR count). The Morgan fingerprint density at radius 3 is 2.71 bits per heavy atom. The van der Waals surface area contributed by atoms with Crippen molar-refractivity contribution in [1.29, 1.82) is 0 Å². The van der Waals surface area contributed by atoms with Crippen molar-refractivity contribution in [1.82, 2.24) is 19.9 Å². The van der Waals surface area contributed by atoms with Crippen molar-refractivity contribution in [3.63, 3.8) is 0 Å². The number of hydrogen-bond acceptors (Lipinski definition) is 6. The second-order valence-corrected chi connectivity index (χ2v) is 9.24. The fraction of sp³-hybridized carbons (Fsp3) is 0.500. The molecule has 1 aliphatic heterocycles. The zero-order valence-electron chi connectivity index (χ0n) is 19.4. The molecule has 3 aromatic rings. The molecule has 0 aromatic carbocycles. The molecule has 2 aliphatic rings. The summed E-state index contributed by atoms with van der Waals surface area (Å²) in [5.74, 6) is -1.75. The van der Waals surface area contributed by atoms with Gasteiger partial charge in [-0.1, -0.05) is 0 Å². The highest BCUT2D eigenvalue weighted by atomic mass is 19.3. The molecule has 0 unspecified atom stereocenters. The van der Waals surface area contributed by atoms with E-state index < -0.39 is 12.3 Å². The highest BCUT2D eigenvalue weighted by Crippen LogP contribution is 2.38. The van der Waals surface area contributed by atoms with Crippen LogP contribution in [-0.2, 0) is 6.42 Å². The van der Waals surface area contributed by atoms with Gasteiger partial charge in [-0.05, 0) is 37.8 Å². The van der Waals surface area contributed by atoms with Crippen molar-refractivity contribution in [2.24, 2.45) is 10.9 Å². The summed E-state index contributed by atoms with van der Waals surface area (Å²) in [6.45, 7) is 1.76. The Bertz CT molecular complexity index is 1260. The van der Waals surface area contributed by atoms with E-state index in [1.165, 1.54) is 7.11 Å². The van der Waals surface area contributed by atoms with Crippen molar-refractivity contribution < 1.29 is 22.3 Å². The largest absolute Gasteiger partial charge is 0.480 e. The minimum atomic E-state index is -2.61. The maximum Gasteiger partial charge on any atom is 0.248 e. The number of methoxy groups -OCH3 is 1. The van der Waals surface area contributed by atoms with Gasteiger partial charge in [-0.15, -0.1) is 0 Å². The number of fused-ring (bicyclic) bond motifs is 2. The van der Waals surface area contributed by atoms with Gasteiger partial charge in [0.1, 0.15) is 5.65 Å². The highest BCUT2D eigenvalue weighted by Gasteiger charge is 2.35. The molecule has 4 heterocycles. The number of anilines is 1. The number of aromatic amines is 1. The lowest BCUT2D eigenvalue weighted by Crippen LogP contribution is -2.32. The normalized spacial score (nSPS) is 20.1. The van der Waals surface area contributed by atoms with Gasteiger partial charge in [0, 0.05) is 60.5 Å². The van der Waals surface area contributed by atoms with E-state index >= 15 is 0 Å². The molecule has 0 amide bonds. The van der Waals surface area contributed by atoms with Gasteiger partial charge < -0.3 is 15.0 Å². The van der Waals surface area contributed by atoms with Crippen LogP contribution in [0.15, 0.2) is 23.5 Å². The van der Waals surface area contributed by atoms with E-state index in [0.717, 1.165) is 16.7 Å². The second kappa shape index (κ2) is 9.09. The van der Waals surface area contributed by atoms with Gasteiger partial charge in [-0.2, -0.15) is 9.97 Å². The Morgan fingerprint density at radius 2 is 2.00 bits per heavy atom. The third-order valence-electron chi connectivity index (χ3n) is 6.80. The third-order valence-corrected chi connectivity index (χ3v) is 6.80. The topological polar surface area (TPSA) is 88.1 Å². The first-order valence-electron chi connectivity index (χ1n) is 11.6. The zero-order chi connectivity index (χ0) is 24.7. The maximum atomic E-state index is 13.5. The number of rotatable bonds is 6. The third kappa shape index (κ3) is 4.81. The lowest BCUT2D eigenvalue weighted by molar-refractivity contribution is -0.0361. The molecular weight excluding hydrogens is 464 g/mol. The number of hydrogen-bond donors (Lipinski definition) is 2. The van der Waals surface area contributed by atoms with Gasteiger partial charge in [0.2, 0.25) is 24.2 Å². The van der Waals surface area contributed by atoms with Gasteiger partial charge >= 0.3 is 0 Å². The van der Waals surface area contributed by atoms with Gasteiger partial charge in [0.15, 0.2) is 5.82 Å². The average molecular weight is 491 g/mol. The molecule has 1 aliphatic carbocycles. The summed E-state index contributed by atoms with van der Waals surface area (Å²) in [5.41, 5.74) is 3.52. The van der Waals surface area contributed by atoms with Crippen molar-refractivity contribution >= 4 is 28.5 Å². The SMILES string of the molecule is COc1nc(NC2CCC(F)(F)CC2)nc2[nH]cc(-c3cnc4c(c3)C[C@H](CC(F)F)C(C)=N4)c12. The lowest BCUT2D eigenvalue weighted by Gasteiger charge is -2.28. The van der Waals surface area contributed by atoms with Crippen molar-refractivity contribution in [2.75, 3.05) is 12.4 Å². The number of halogens is 4. The predicted molar refractivity (Wildman–Crippen MR) is 125 cm³/mol. The van der Waals surface area contributed by atoms with Crippen LogP contribution in [0.25, 0.3) is 22.2 Å². The summed E-state index contributed by atoms with van der Waals surface area (Å²) in [4.78, 5) is 21.0. The van der Waals surface area contributed by atoms with Crippen LogP contribution in [-0.4, -0.2) is 51.1 Å². The lowest BCUT2D eigenvalue weighted by atomic mass is 9.89. The number of aliphatic imine (C=N–C) groups is 1. The van der Waals surface area contributed by atoms with Crippen LogP contribution in [0.5, 0.6) is 5.88 Å². The first-order valence-corrected chi connectivity index (χ1v) is 11.6. The molecule has 2 N–H and O–H groups in total. The summed E-state index contributed by atoms with van der Waals surface area (Å²) >= 11 is 0. The Morgan fingerprint density at radius 1 is 1.23 bits per heavy atom. The first-order chi connectivity index (χ1) is 16.7. The number of nitrogens with one attached hydrogen (secondary N) is 2. The predicted octanol–water partition coefficient (Wildman–Crippen LogP) is 5.94. The van der Waals surface area contributed by atoms with Crippen LogP contribution in [0.4, 0.5) is 29.3 Å². The monoisotopic (exact) mass is 490 g/mol. The standard InChI is InChI=1S/C24H26F4N6O/c1-12-13(9-18(25)26)7-14-8-15(10-29-20(14)31-12)17-11-30-21-19(17)22(35-2)34-23(33-21)32-16-3-5-24(27,28)6-4-16/h8,10-11,13,16,18H,3-7,9H2,1-2H3,(H2,30,32,33,34)/t13-/m1/s1. The zero-order valence-corrected chi connectivity index (χ0v) is 19.4. The van der Waals surface area contributed by atoms with Crippen LogP contribution in [0, 0.1) is 5.92 Å². The molecule has 1 saturated carbocycles. The van der Waals surface area contributed by atoms with E-state index in [1.807, 2.05) is 6.07 Å². The molecule has 0 bridgehead atoms. The van der Waals surface area contributed by atoms with E-state index in [1.54, 1.807) is 19.3 Å². The highest BCUT2D eigenvalue weighted by molar-refractivity contribution is 5.98.